The van der Waals surface area contributed by atoms with E-state index in [9.17, 15) is 14.4 Å². The lowest BCUT2D eigenvalue weighted by Gasteiger charge is -2.27. The second-order valence-corrected chi connectivity index (χ2v) is 8.26. The Hall–Kier alpha value is -4.32. The minimum atomic E-state index is -0.505. The number of rotatable bonds is 5. The van der Waals surface area contributed by atoms with Crippen LogP contribution in [0.3, 0.4) is 0 Å². The normalized spacial score (nSPS) is 13.8. The highest BCUT2D eigenvalue weighted by Crippen LogP contribution is 2.22. The van der Waals surface area contributed by atoms with Gasteiger partial charge in [-0.2, -0.15) is 0 Å². The Morgan fingerprint density at radius 2 is 1.86 bits per heavy atom. The van der Waals surface area contributed by atoms with E-state index >= 15 is 0 Å². The molecule has 12 nitrogen and oxygen atoms in total. The lowest BCUT2D eigenvalue weighted by Crippen LogP contribution is -2.37. The van der Waals surface area contributed by atoms with E-state index in [1.165, 1.54) is 29.6 Å². The fraction of sp³-hybridized carbons (Fsp3) is 0.304. The van der Waals surface area contributed by atoms with Gasteiger partial charge in [-0.25, -0.2) is 9.78 Å². The molecule has 1 saturated heterocycles. The minimum absolute atomic E-state index is 0.137. The van der Waals surface area contributed by atoms with Crippen molar-refractivity contribution in [2.45, 2.75) is 6.54 Å². The highest BCUT2D eigenvalue weighted by molar-refractivity contribution is 5.92. The number of aryl methyl sites for hydroxylation is 1. The first kappa shape index (κ1) is 22.5. The molecule has 1 N–H and O–H groups in total. The molecule has 3 aromatic heterocycles. The number of aromatic nitrogens is 6. The van der Waals surface area contributed by atoms with Crippen LogP contribution >= 0.6 is 0 Å². The third-order valence-corrected chi connectivity index (χ3v) is 5.96. The summed E-state index contributed by atoms with van der Waals surface area (Å²) < 4.78 is 9.08. The van der Waals surface area contributed by atoms with Gasteiger partial charge in [0.1, 0.15) is 6.54 Å². The van der Waals surface area contributed by atoms with Crippen LogP contribution in [-0.2, 0) is 30.2 Å². The summed E-state index contributed by atoms with van der Waals surface area (Å²) in [5, 5.41) is 11.5. The molecule has 5 rings (SSSR count). The molecular formula is C23H24N8O4. The lowest BCUT2D eigenvalue weighted by molar-refractivity contribution is -0.116. The Labute approximate surface area is 199 Å². The van der Waals surface area contributed by atoms with Gasteiger partial charge >= 0.3 is 5.69 Å². The Bertz CT molecular complexity index is 1510. The van der Waals surface area contributed by atoms with Gasteiger partial charge in [-0.1, -0.05) is 12.1 Å². The average molecular weight is 476 g/mol. The smallest absolute Gasteiger partial charge is 0.332 e. The molecular weight excluding hydrogens is 452 g/mol. The van der Waals surface area contributed by atoms with Gasteiger partial charge in [0.2, 0.25) is 5.91 Å². The van der Waals surface area contributed by atoms with Crippen molar-refractivity contribution in [3.63, 3.8) is 0 Å². The van der Waals surface area contributed by atoms with Gasteiger partial charge in [-0.05, 0) is 24.3 Å². The summed E-state index contributed by atoms with van der Waals surface area (Å²) in [6.45, 7) is 2.77. The minimum Gasteiger partial charge on any atom is -0.378 e. The molecule has 1 amide bonds. The Balaban J connectivity index is 1.32. The average Bonchev–Trinajstić information content (AvgIpc) is 3.30. The van der Waals surface area contributed by atoms with Crippen molar-refractivity contribution >= 4 is 28.6 Å². The molecule has 0 atom stereocenters. The summed E-state index contributed by atoms with van der Waals surface area (Å²) in [6.07, 6.45) is 1.38. The van der Waals surface area contributed by atoms with Crippen LogP contribution in [0.2, 0.25) is 0 Å². The molecule has 1 fully saturated rings. The molecule has 0 radical (unpaired) electrons. The summed E-state index contributed by atoms with van der Waals surface area (Å²) in [6, 6.07) is 11.1. The fourth-order valence-electron chi connectivity index (χ4n) is 4.07. The Morgan fingerprint density at radius 3 is 2.60 bits per heavy atom. The molecule has 0 unspecified atom stereocenters. The van der Waals surface area contributed by atoms with E-state index < -0.39 is 11.2 Å². The second-order valence-electron chi connectivity index (χ2n) is 8.26. The monoisotopic (exact) mass is 476 g/mol. The van der Waals surface area contributed by atoms with Crippen molar-refractivity contribution < 1.29 is 9.53 Å². The number of hydrogen-bond donors (Lipinski definition) is 1. The number of imidazole rings is 1. The van der Waals surface area contributed by atoms with Crippen molar-refractivity contribution in [1.29, 1.82) is 0 Å². The highest BCUT2D eigenvalue weighted by Gasteiger charge is 2.17. The van der Waals surface area contributed by atoms with Gasteiger partial charge in [0.05, 0.1) is 25.2 Å². The molecule has 4 aromatic rings. The molecule has 4 heterocycles. The molecule has 1 aromatic carbocycles. The standard InChI is InChI=1S/C23H24N8O4/c1-28-21-20(22(33)29(2)23(28)34)31(14-24-21)13-19(32)25-16-5-3-4-15(12-16)17-6-7-18(27-26-17)30-8-10-35-11-9-30/h3-7,12,14H,8-11,13H2,1-2H3,(H,25,32). The molecule has 1 aliphatic heterocycles. The first-order chi connectivity index (χ1) is 16.9. The van der Waals surface area contributed by atoms with Crippen molar-refractivity contribution in [3.05, 3.63) is 63.6 Å². The number of carbonyl (C=O) groups excluding carboxylic acids is 1. The van der Waals surface area contributed by atoms with Crippen LogP contribution in [-0.4, -0.2) is 61.1 Å². The Morgan fingerprint density at radius 1 is 1.06 bits per heavy atom. The second kappa shape index (κ2) is 9.14. The number of carbonyl (C=O) groups is 1. The topological polar surface area (TPSA) is 129 Å². The van der Waals surface area contributed by atoms with Gasteiger partial charge in [-0.3, -0.25) is 18.7 Å². The van der Waals surface area contributed by atoms with Crippen LogP contribution in [0, 0.1) is 0 Å². The summed E-state index contributed by atoms with van der Waals surface area (Å²) in [4.78, 5) is 43.7. The number of nitrogens with zero attached hydrogens (tertiary/aromatic N) is 7. The summed E-state index contributed by atoms with van der Waals surface area (Å²) in [5.41, 5.74) is 1.51. The van der Waals surface area contributed by atoms with Crippen LogP contribution in [0.5, 0.6) is 0 Å². The first-order valence-electron chi connectivity index (χ1n) is 11.1. The Kier molecular flexibility index (Phi) is 5.87. The van der Waals surface area contributed by atoms with Crippen molar-refractivity contribution in [1.82, 2.24) is 28.9 Å². The number of amides is 1. The summed E-state index contributed by atoms with van der Waals surface area (Å²) in [7, 11) is 2.92. The molecule has 0 saturated carbocycles. The quantitative estimate of drug-likeness (QED) is 0.437. The van der Waals surface area contributed by atoms with E-state index in [1.807, 2.05) is 30.3 Å². The maximum absolute atomic E-state index is 12.8. The number of fused-ring (bicyclic) bond motifs is 1. The van der Waals surface area contributed by atoms with Crippen molar-refractivity contribution in [2.75, 3.05) is 36.5 Å². The van der Waals surface area contributed by atoms with Crippen LogP contribution in [0.15, 0.2) is 52.3 Å². The van der Waals surface area contributed by atoms with Gasteiger partial charge < -0.3 is 19.5 Å². The predicted octanol–water partition coefficient (Wildman–Crippen LogP) is 0.366. The molecule has 0 bridgehead atoms. The maximum Gasteiger partial charge on any atom is 0.332 e. The van der Waals surface area contributed by atoms with E-state index in [0.717, 1.165) is 29.0 Å². The molecule has 12 heteroatoms. The SMILES string of the molecule is Cn1c(=O)c2c(ncn2CC(=O)Nc2cccc(-c3ccc(N4CCOCC4)nn3)c2)n(C)c1=O. The molecule has 0 aliphatic carbocycles. The zero-order valence-corrected chi connectivity index (χ0v) is 19.3. The first-order valence-corrected chi connectivity index (χ1v) is 11.1. The summed E-state index contributed by atoms with van der Waals surface area (Å²) in [5.74, 6) is 0.462. The number of ether oxygens (including phenoxy) is 1. The fourth-order valence-corrected chi connectivity index (χ4v) is 4.07. The van der Waals surface area contributed by atoms with Gasteiger partial charge in [-0.15, -0.1) is 10.2 Å². The van der Waals surface area contributed by atoms with E-state index in [4.69, 9.17) is 4.74 Å². The molecule has 1 aliphatic rings. The third kappa shape index (κ3) is 4.30. The number of anilines is 2. The molecule has 35 heavy (non-hydrogen) atoms. The van der Waals surface area contributed by atoms with Gasteiger partial charge in [0, 0.05) is 38.4 Å². The largest absolute Gasteiger partial charge is 0.378 e. The van der Waals surface area contributed by atoms with Gasteiger partial charge in [0.25, 0.3) is 5.56 Å². The molecule has 0 spiro atoms. The van der Waals surface area contributed by atoms with E-state index in [2.05, 4.69) is 25.4 Å². The third-order valence-electron chi connectivity index (χ3n) is 5.96. The van der Waals surface area contributed by atoms with Crippen LogP contribution in [0.4, 0.5) is 11.5 Å². The predicted molar refractivity (Wildman–Crippen MR) is 129 cm³/mol. The van der Waals surface area contributed by atoms with E-state index in [1.54, 1.807) is 6.07 Å². The zero-order chi connectivity index (χ0) is 24.5. The number of nitrogens with one attached hydrogen (secondary N) is 1. The number of morpholine rings is 1. The van der Waals surface area contributed by atoms with Crippen LogP contribution in [0.25, 0.3) is 22.4 Å². The van der Waals surface area contributed by atoms with Crippen LogP contribution in [0.1, 0.15) is 0 Å². The van der Waals surface area contributed by atoms with E-state index in [-0.39, 0.29) is 23.6 Å². The number of benzene rings is 1. The summed E-state index contributed by atoms with van der Waals surface area (Å²) >= 11 is 0. The zero-order valence-electron chi connectivity index (χ0n) is 19.3. The van der Waals surface area contributed by atoms with E-state index in [0.29, 0.717) is 24.6 Å². The highest BCUT2D eigenvalue weighted by atomic mass is 16.5. The number of hydrogen-bond acceptors (Lipinski definition) is 8. The lowest BCUT2D eigenvalue weighted by atomic mass is 10.1. The van der Waals surface area contributed by atoms with Gasteiger partial charge in [0.15, 0.2) is 17.0 Å². The van der Waals surface area contributed by atoms with Crippen molar-refractivity contribution in [3.8, 4) is 11.3 Å². The maximum atomic E-state index is 12.8. The molecule has 180 valence electrons. The van der Waals surface area contributed by atoms with Crippen LogP contribution < -0.4 is 21.5 Å². The van der Waals surface area contributed by atoms with Crippen molar-refractivity contribution in [2.24, 2.45) is 14.1 Å².